The third-order valence-corrected chi connectivity index (χ3v) is 2.96. The van der Waals surface area contributed by atoms with Gasteiger partial charge in [0.15, 0.2) is 5.69 Å². The molecule has 0 aliphatic heterocycles. The van der Waals surface area contributed by atoms with Crippen LogP contribution in [0.1, 0.15) is 49.8 Å². The number of carbonyl (C=O) groups is 2. The number of hydrogen-bond donors (Lipinski definition) is 1. The van der Waals surface area contributed by atoms with Crippen LogP contribution in [0.25, 0.3) is 0 Å². The summed E-state index contributed by atoms with van der Waals surface area (Å²) in [7, 11) is 1.61. The SMILES string of the molecule is CCOC(=O)c1nnn(CCCC(=O)NC)c1CC(C)C. The average molecular weight is 296 g/mol. The van der Waals surface area contributed by atoms with Gasteiger partial charge in [0.1, 0.15) is 0 Å². The highest BCUT2D eigenvalue weighted by molar-refractivity contribution is 5.88. The van der Waals surface area contributed by atoms with Crippen molar-refractivity contribution < 1.29 is 14.3 Å². The van der Waals surface area contributed by atoms with Crippen LogP contribution in [0.4, 0.5) is 0 Å². The second-order valence-corrected chi connectivity index (χ2v) is 5.20. The number of aryl methyl sites for hydroxylation is 1. The number of esters is 1. The minimum atomic E-state index is -0.439. The number of rotatable bonds is 8. The Kier molecular flexibility index (Phi) is 6.84. The maximum atomic E-state index is 11.9. The van der Waals surface area contributed by atoms with Gasteiger partial charge in [0, 0.05) is 20.0 Å². The molecule has 0 spiro atoms. The quantitative estimate of drug-likeness (QED) is 0.728. The Morgan fingerprint density at radius 1 is 1.38 bits per heavy atom. The first-order valence-corrected chi connectivity index (χ1v) is 7.29. The van der Waals surface area contributed by atoms with Crippen LogP contribution in [0, 0.1) is 5.92 Å². The Bertz CT molecular complexity index is 483. The Balaban J connectivity index is 2.82. The summed E-state index contributed by atoms with van der Waals surface area (Å²) in [5, 5.41) is 10.6. The van der Waals surface area contributed by atoms with Crippen LogP contribution in [-0.2, 0) is 22.5 Å². The van der Waals surface area contributed by atoms with Crippen LogP contribution in [0.15, 0.2) is 0 Å². The average Bonchev–Trinajstić information content (AvgIpc) is 2.81. The lowest BCUT2D eigenvalue weighted by Crippen LogP contribution is -2.18. The Labute approximate surface area is 125 Å². The molecule has 0 aromatic carbocycles. The minimum absolute atomic E-state index is 0.00820. The van der Waals surface area contributed by atoms with E-state index in [2.05, 4.69) is 29.5 Å². The molecule has 0 fully saturated rings. The van der Waals surface area contributed by atoms with E-state index in [4.69, 9.17) is 4.74 Å². The standard InChI is InChI=1S/C14H24N4O3/c1-5-21-14(20)13-11(9-10(2)3)18(17-16-13)8-6-7-12(19)15-4/h10H,5-9H2,1-4H3,(H,15,19). The van der Waals surface area contributed by atoms with Crippen molar-refractivity contribution in [2.45, 2.75) is 46.6 Å². The molecule has 1 heterocycles. The summed E-state index contributed by atoms with van der Waals surface area (Å²) in [5.74, 6) is -0.0776. The fraction of sp³-hybridized carbons (Fsp3) is 0.714. The molecule has 0 saturated heterocycles. The zero-order valence-electron chi connectivity index (χ0n) is 13.2. The van der Waals surface area contributed by atoms with Crippen molar-refractivity contribution in [1.82, 2.24) is 20.3 Å². The summed E-state index contributed by atoms with van der Waals surface area (Å²) in [4.78, 5) is 23.1. The normalized spacial score (nSPS) is 10.7. The van der Waals surface area contributed by atoms with Gasteiger partial charge < -0.3 is 10.1 Å². The smallest absolute Gasteiger partial charge is 0.360 e. The van der Waals surface area contributed by atoms with E-state index < -0.39 is 5.97 Å². The van der Waals surface area contributed by atoms with Crippen molar-refractivity contribution in [3.05, 3.63) is 11.4 Å². The molecule has 1 rings (SSSR count). The van der Waals surface area contributed by atoms with Crippen molar-refractivity contribution in [2.75, 3.05) is 13.7 Å². The number of nitrogens with one attached hydrogen (secondary N) is 1. The molecule has 0 unspecified atom stereocenters. The largest absolute Gasteiger partial charge is 0.461 e. The zero-order chi connectivity index (χ0) is 15.8. The van der Waals surface area contributed by atoms with Gasteiger partial charge in [-0.05, 0) is 25.7 Å². The molecule has 21 heavy (non-hydrogen) atoms. The van der Waals surface area contributed by atoms with Gasteiger partial charge in [0.25, 0.3) is 0 Å². The first kappa shape index (κ1) is 17.1. The molecular formula is C14H24N4O3. The highest BCUT2D eigenvalue weighted by atomic mass is 16.5. The van der Waals surface area contributed by atoms with Crippen LogP contribution < -0.4 is 5.32 Å². The fourth-order valence-corrected chi connectivity index (χ4v) is 1.97. The maximum absolute atomic E-state index is 11.9. The second-order valence-electron chi connectivity index (χ2n) is 5.20. The number of nitrogens with zero attached hydrogens (tertiary/aromatic N) is 3. The molecule has 7 heteroatoms. The maximum Gasteiger partial charge on any atom is 0.360 e. The summed E-state index contributed by atoms with van der Waals surface area (Å²) in [6, 6.07) is 0. The van der Waals surface area contributed by atoms with Crippen LogP contribution in [0.2, 0.25) is 0 Å². The first-order valence-electron chi connectivity index (χ1n) is 7.29. The van der Waals surface area contributed by atoms with Crippen LogP contribution in [0.5, 0.6) is 0 Å². The van der Waals surface area contributed by atoms with Crippen LogP contribution >= 0.6 is 0 Å². The van der Waals surface area contributed by atoms with E-state index in [0.29, 0.717) is 38.3 Å². The van der Waals surface area contributed by atoms with E-state index in [1.165, 1.54) is 0 Å². The molecule has 0 bridgehead atoms. The van der Waals surface area contributed by atoms with E-state index in [1.807, 2.05) is 0 Å². The van der Waals surface area contributed by atoms with Gasteiger partial charge in [0.05, 0.1) is 12.3 Å². The van der Waals surface area contributed by atoms with Gasteiger partial charge in [0.2, 0.25) is 5.91 Å². The van der Waals surface area contributed by atoms with Crippen molar-refractivity contribution >= 4 is 11.9 Å². The Morgan fingerprint density at radius 3 is 2.67 bits per heavy atom. The first-order chi connectivity index (χ1) is 9.99. The highest BCUT2D eigenvalue weighted by Crippen LogP contribution is 2.14. The van der Waals surface area contributed by atoms with Crippen LogP contribution in [-0.4, -0.2) is 40.5 Å². The van der Waals surface area contributed by atoms with Crippen LogP contribution in [0.3, 0.4) is 0 Å². The molecular weight excluding hydrogens is 272 g/mol. The molecule has 1 N–H and O–H groups in total. The Morgan fingerprint density at radius 2 is 2.10 bits per heavy atom. The summed E-state index contributed by atoms with van der Waals surface area (Å²) in [6.07, 6.45) is 1.77. The molecule has 1 amide bonds. The molecule has 1 aromatic rings. The van der Waals surface area contributed by atoms with E-state index in [0.717, 1.165) is 5.69 Å². The number of ether oxygens (including phenoxy) is 1. The van der Waals surface area contributed by atoms with Gasteiger partial charge >= 0.3 is 5.97 Å². The van der Waals surface area contributed by atoms with E-state index in [9.17, 15) is 9.59 Å². The lowest BCUT2D eigenvalue weighted by Gasteiger charge is -2.09. The fourth-order valence-electron chi connectivity index (χ4n) is 1.97. The molecule has 0 aliphatic rings. The van der Waals surface area contributed by atoms with Crippen molar-refractivity contribution in [2.24, 2.45) is 5.92 Å². The lowest BCUT2D eigenvalue weighted by molar-refractivity contribution is -0.120. The topological polar surface area (TPSA) is 86.1 Å². The van der Waals surface area contributed by atoms with E-state index in [1.54, 1.807) is 18.7 Å². The van der Waals surface area contributed by atoms with Gasteiger partial charge in [-0.25, -0.2) is 9.48 Å². The number of amides is 1. The predicted molar refractivity (Wildman–Crippen MR) is 77.8 cm³/mol. The van der Waals surface area contributed by atoms with Gasteiger partial charge in [-0.1, -0.05) is 19.1 Å². The molecule has 1 aromatic heterocycles. The summed E-state index contributed by atoms with van der Waals surface area (Å²) < 4.78 is 6.71. The minimum Gasteiger partial charge on any atom is -0.461 e. The third-order valence-electron chi connectivity index (χ3n) is 2.96. The summed E-state index contributed by atoms with van der Waals surface area (Å²) >= 11 is 0. The van der Waals surface area contributed by atoms with Gasteiger partial charge in [-0.15, -0.1) is 5.10 Å². The monoisotopic (exact) mass is 296 g/mol. The van der Waals surface area contributed by atoms with Crippen molar-refractivity contribution in [3.8, 4) is 0 Å². The predicted octanol–water partition coefficient (Wildman–Crippen LogP) is 1.18. The van der Waals surface area contributed by atoms with Crippen molar-refractivity contribution in [3.63, 3.8) is 0 Å². The molecule has 118 valence electrons. The summed E-state index contributed by atoms with van der Waals surface area (Å²) in [5.41, 5.74) is 1.06. The third kappa shape index (κ3) is 5.17. The molecule has 0 atom stereocenters. The molecule has 7 nitrogen and oxygen atoms in total. The molecule has 0 saturated carbocycles. The highest BCUT2D eigenvalue weighted by Gasteiger charge is 2.21. The second kappa shape index (κ2) is 8.39. The number of hydrogen-bond acceptors (Lipinski definition) is 5. The van der Waals surface area contributed by atoms with Gasteiger partial charge in [-0.2, -0.15) is 0 Å². The zero-order valence-corrected chi connectivity index (χ0v) is 13.2. The summed E-state index contributed by atoms with van der Waals surface area (Å²) in [6.45, 7) is 6.76. The van der Waals surface area contributed by atoms with E-state index >= 15 is 0 Å². The van der Waals surface area contributed by atoms with E-state index in [-0.39, 0.29) is 11.6 Å². The molecule has 0 aliphatic carbocycles. The number of carbonyl (C=O) groups excluding carboxylic acids is 2. The number of aromatic nitrogens is 3. The lowest BCUT2D eigenvalue weighted by atomic mass is 10.1. The Hall–Kier alpha value is -1.92. The molecule has 0 radical (unpaired) electrons. The van der Waals surface area contributed by atoms with Crippen molar-refractivity contribution in [1.29, 1.82) is 0 Å². The van der Waals surface area contributed by atoms with Gasteiger partial charge in [-0.3, -0.25) is 4.79 Å².